The average Bonchev–Trinajstić information content (AvgIpc) is 2.28. The van der Waals surface area contributed by atoms with Gasteiger partial charge in [-0.15, -0.1) is 0 Å². The van der Waals surface area contributed by atoms with Gasteiger partial charge in [-0.05, 0) is 31.0 Å². The predicted octanol–water partition coefficient (Wildman–Crippen LogP) is 3.45. The summed E-state index contributed by atoms with van der Waals surface area (Å²) < 4.78 is 12.9. The first-order valence-electron chi connectivity index (χ1n) is 5.78. The lowest BCUT2D eigenvalue weighted by atomic mass is 10.2. The largest absolute Gasteiger partial charge is 0.313 e. The highest BCUT2D eigenvalue weighted by Gasteiger charge is 1.98. The maximum absolute atomic E-state index is 12.9. The van der Waals surface area contributed by atoms with Crippen LogP contribution in [-0.4, -0.2) is 18.3 Å². The van der Waals surface area contributed by atoms with E-state index in [0.717, 1.165) is 30.0 Å². The van der Waals surface area contributed by atoms with E-state index in [1.54, 1.807) is 12.1 Å². The van der Waals surface area contributed by atoms with E-state index < -0.39 is 0 Å². The van der Waals surface area contributed by atoms with Crippen LogP contribution in [0.25, 0.3) is 0 Å². The highest BCUT2D eigenvalue weighted by molar-refractivity contribution is 7.98. The van der Waals surface area contributed by atoms with Gasteiger partial charge in [0.05, 0.1) is 0 Å². The molecule has 1 rings (SSSR count). The maximum Gasteiger partial charge on any atom is 0.123 e. The van der Waals surface area contributed by atoms with Crippen molar-refractivity contribution in [1.29, 1.82) is 0 Å². The predicted molar refractivity (Wildman–Crippen MR) is 70.3 cm³/mol. The zero-order valence-corrected chi connectivity index (χ0v) is 10.8. The van der Waals surface area contributed by atoms with Crippen molar-refractivity contribution in [3.05, 3.63) is 35.6 Å². The summed E-state index contributed by atoms with van der Waals surface area (Å²) in [4.78, 5) is 0. The zero-order valence-electron chi connectivity index (χ0n) is 10.0. The summed E-state index contributed by atoms with van der Waals surface area (Å²) in [6, 6.07) is 7.42. The van der Waals surface area contributed by atoms with Gasteiger partial charge in [-0.1, -0.05) is 19.1 Å². The molecule has 3 heteroatoms. The number of hydrogen-bond acceptors (Lipinski definition) is 2. The molecule has 0 radical (unpaired) electrons. The summed E-state index contributed by atoms with van der Waals surface area (Å²) in [7, 11) is 0. The number of benzene rings is 1. The van der Waals surface area contributed by atoms with E-state index in [-0.39, 0.29) is 5.82 Å². The van der Waals surface area contributed by atoms with E-state index >= 15 is 0 Å². The molecule has 0 fully saturated rings. The first-order valence-corrected chi connectivity index (χ1v) is 6.93. The van der Waals surface area contributed by atoms with Gasteiger partial charge < -0.3 is 5.32 Å². The van der Waals surface area contributed by atoms with Crippen molar-refractivity contribution in [2.75, 3.05) is 12.3 Å². The maximum atomic E-state index is 12.9. The number of thioether (sulfide) groups is 1. The van der Waals surface area contributed by atoms with Crippen LogP contribution in [0.3, 0.4) is 0 Å². The van der Waals surface area contributed by atoms with Crippen LogP contribution < -0.4 is 5.32 Å². The zero-order chi connectivity index (χ0) is 11.8. The molecule has 1 aromatic carbocycles. The quantitative estimate of drug-likeness (QED) is 0.734. The number of rotatable bonds is 7. The second kappa shape index (κ2) is 7.69. The van der Waals surface area contributed by atoms with E-state index in [2.05, 4.69) is 19.2 Å². The summed E-state index contributed by atoms with van der Waals surface area (Å²) in [5.41, 5.74) is 1.06. The first-order chi connectivity index (χ1) is 7.72. The molecule has 0 aliphatic carbocycles. The van der Waals surface area contributed by atoms with Crippen LogP contribution in [0.5, 0.6) is 0 Å². The van der Waals surface area contributed by atoms with Crippen LogP contribution >= 0.6 is 11.8 Å². The molecule has 0 bridgehead atoms. The number of halogens is 1. The van der Waals surface area contributed by atoms with Gasteiger partial charge in [-0.25, -0.2) is 4.39 Å². The molecular weight excluding hydrogens is 221 g/mol. The Bertz CT molecular complexity index is 304. The van der Waals surface area contributed by atoms with Gasteiger partial charge in [-0.3, -0.25) is 0 Å². The van der Waals surface area contributed by atoms with Gasteiger partial charge in [-0.2, -0.15) is 11.8 Å². The lowest BCUT2D eigenvalue weighted by Gasteiger charge is -2.10. The van der Waals surface area contributed by atoms with Crippen LogP contribution in [0.15, 0.2) is 24.3 Å². The lowest BCUT2D eigenvalue weighted by Crippen LogP contribution is -2.27. The number of hydrogen-bond donors (Lipinski definition) is 1. The van der Waals surface area contributed by atoms with Gasteiger partial charge in [0.25, 0.3) is 0 Å². The van der Waals surface area contributed by atoms with Crippen molar-refractivity contribution < 1.29 is 4.39 Å². The van der Waals surface area contributed by atoms with Gasteiger partial charge in [0.2, 0.25) is 0 Å². The molecule has 90 valence electrons. The summed E-state index contributed by atoms with van der Waals surface area (Å²) in [6.07, 6.45) is 1.16. The molecule has 0 heterocycles. The summed E-state index contributed by atoms with van der Waals surface area (Å²) >= 11 is 1.84. The molecule has 0 aliphatic heterocycles. The molecule has 1 aromatic rings. The Labute approximate surface area is 102 Å². The van der Waals surface area contributed by atoms with Gasteiger partial charge in [0, 0.05) is 24.1 Å². The Balaban J connectivity index is 2.12. The fourth-order valence-electron chi connectivity index (χ4n) is 1.34. The Morgan fingerprint density at radius 1 is 1.44 bits per heavy atom. The SMILES string of the molecule is CCC(C)NCCSCc1cccc(F)c1. The Morgan fingerprint density at radius 3 is 2.94 bits per heavy atom. The standard InChI is InChI=1S/C13H20FNS/c1-3-11(2)15-7-8-16-10-12-5-4-6-13(14)9-12/h4-6,9,11,15H,3,7-8,10H2,1-2H3. The minimum Gasteiger partial charge on any atom is -0.313 e. The second-order valence-electron chi connectivity index (χ2n) is 3.95. The minimum atomic E-state index is -0.143. The summed E-state index contributed by atoms with van der Waals surface area (Å²) in [5.74, 6) is 1.82. The van der Waals surface area contributed by atoms with E-state index in [9.17, 15) is 4.39 Å². The Kier molecular flexibility index (Phi) is 6.50. The van der Waals surface area contributed by atoms with Crippen LogP contribution in [0.1, 0.15) is 25.8 Å². The molecule has 0 aliphatic rings. The average molecular weight is 241 g/mol. The molecule has 0 saturated heterocycles. The molecule has 1 atom stereocenters. The number of nitrogens with one attached hydrogen (secondary N) is 1. The summed E-state index contributed by atoms with van der Waals surface area (Å²) in [5, 5.41) is 3.44. The van der Waals surface area contributed by atoms with Gasteiger partial charge in [0.15, 0.2) is 0 Å². The summed E-state index contributed by atoms with van der Waals surface area (Å²) in [6.45, 7) is 5.39. The van der Waals surface area contributed by atoms with Gasteiger partial charge in [0.1, 0.15) is 5.82 Å². The third-order valence-electron chi connectivity index (χ3n) is 2.51. The minimum absolute atomic E-state index is 0.143. The monoisotopic (exact) mass is 241 g/mol. The van der Waals surface area contributed by atoms with Crippen molar-refractivity contribution in [3.63, 3.8) is 0 Å². The van der Waals surface area contributed by atoms with E-state index in [0.29, 0.717) is 6.04 Å². The molecular formula is C13H20FNS. The topological polar surface area (TPSA) is 12.0 Å². The fraction of sp³-hybridized carbons (Fsp3) is 0.538. The van der Waals surface area contributed by atoms with Crippen LogP contribution in [0, 0.1) is 5.82 Å². The highest BCUT2D eigenvalue weighted by Crippen LogP contribution is 2.12. The van der Waals surface area contributed by atoms with Crippen molar-refractivity contribution in [2.45, 2.75) is 32.1 Å². The van der Waals surface area contributed by atoms with Crippen molar-refractivity contribution in [3.8, 4) is 0 Å². The van der Waals surface area contributed by atoms with Crippen molar-refractivity contribution in [2.24, 2.45) is 0 Å². The molecule has 0 saturated carbocycles. The van der Waals surface area contributed by atoms with Crippen LogP contribution in [-0.2, 0) is 5.75 Å². The molecule has 0 aromatic heterocycles. The van der Waals surface area contributed by atoms with E-state index in [1.165, 1.54) is 6.07 Å². The smallest absolute Gasteiger partial charge is 0.123 e. The van der Waals surface area contributed by atoms with Crippen LogP contribution in [0.4, 0.5) is 4.39 Å². The van der Waals surface area contributed by atoms with E-state index in [4.69, 9.17) is 0 Å². The lowest BCUT2D eigenvalue weighted by molar-refractivity contribution is 0.555. The molecule has 0 spiro atoms. The van der Waals surface area contributed by atoms with E-state index in [1.807, 2.05) is 17.8 Å². The molecule has 1 nitrogen and oxygen atoms in total. The molecule has 1 N–H and O–H groups in total. The normalized spacial score (nSPS) is 12.7. The van der Waals surface area contributed by atoms with Crippen molar-refractivity contribution in [1.82, 2.24) is 5.32 Å². The molecule has 0 amide bonds. The van der Waals surface area contributed by atoms with Gasteiger partial charge >= 0.3 is 0 Å². The first kappa shape index (κ1) is 13.5. The second-order valence-corrected chi connectivity index (χ2v) is 5.05. The third kappa shape index (κ3) is 5.52. The van der Waals surface area contributed by atoms with Crippen molar-refractivity contribution >= 4 is 11.8 Å². The Hall–Kier alpha value is -0.540. The Morgan fingerprint density at radius 2 is 2.25 bits per heavy atom. The highest BCUT2D eigenvalue weighted by atomic mass is 32.2. The fourth-order valence-corrected chi connectivity index (χ4v) is 2.16. The third-order valence-corrected chi connectivity index (χ3v) is 3.54. The van der Waals surface area contributed by atoms with Crippen LogP contribution in [0.2, 0.25) is 0 Å². The molecule has 16 heavy (non-hydrogen) atoms. The molecule has 1 unspecified atom stereocenters.